The van der Waals surface area contributed by atoms with E-state index in [4.69, 9.17) is 10.5 Å². The summed E-state index contributed by atoms with van der Waals surface area (Å²) in [6.07, 6.45) is -1.48. The summed E-state index contributed by atoms with van der Waals surface area (Å²) < 4.78 is 9.73. The van der Waals surface area contributed by atoms with Gasteiger partial charge in [0.05, 0.1) is 13.2 Å². The fourth-order valence-corrected chi connectivity index (χ4v) is 3.22. The van der Waals surface area contributed by atoms with Crippen molar-refractivity contribution in [3.8, 4) is 11.8 Å². The van der Waals surface area contributed by atoms with Gasteiger partial charge in [0.25, 0.3) is 0 Å². The number of amides is 4. The third-order valence-corrected chi connectivity index (χ3v) is 4.92. The van der Waals surface area contributed by atoms with Gasteiger partial charge in [-0.25, -0.2) is 4.79 Å². The Morgan fingerprint density at radius 1 is 1.22 bits per heavy atom. The third kappa shape index (κ3) is 10.0. The standard InChI is InChI=1S/C24H33N5O8/c1-14-12-15(6-8-17(14)30)20(21(33)27-13-19(32)36-5)29(11-10-25)22(34)16(7-9-18(26)31)28-23(35)37-24(2,3)4/h6,8,12,16,20,30H,7,9,11,13H2,1-5H3,(H2,26,31)(H,27,33)(H,28,35). The molecule has 37 heavy (non-hydrogen) atoms. The molecular formula is C24H33N5O8. The lowest BCUT2D eigenvalue weighted by Crippen LogP contribution is -2.53. The zero-order valence-electron chi connectivity index (χ0n) is 21.5. The number of nitrogens with two attached hydrogens (primary N) is 1. The summed E-state index contributed by atoms with van der Waals surface area (Å²) in [5.74, 6) is -3.26. The van der Waals surface area contributed by atoms with Crippen LogP contribution in [0.15, 0.2) is 18.2 Å². The number of phenolic OH excluding ortho intramolecular Hbond substituents is 1. The highest BCUT2D eigenvalue weighted by molar-refractivity contribution is 5.93. The van der Waals surface area contributed by atoms with Crippen LogP contribution in [0.25, 0.3) is 0 Å². The van der Waals surface area contributed by atoms with Crippen molar-refractivity contribution in [2.45, 2.75) is 58.2 Å². The summed E-state index contributed by atoms with van der Waals surface area (Å²) in [5, 5.41) is 24.1. The fraction of sp³-hybridized carbons (Fsp3) is 0.500. The van der Waals surface area contributed by atoms with Crippen molar-refractivity contribution in [2.24, 2.45) is 5.73 Å². The molecule has 4 amide bonds. The summed E-state index contributed by atoms with van der Waals surface area (Å²) in [6, 6.07) is 3.11. The average Bonchev–Trinajstić information content (AvgIpc) is 2.80. The van der Waals surface area contributed by atoms with Gasteiger partial charge in [0.15, 0.2) is 0 Å². The number of phenols is 1. The minimum Gasteiger partial charge on any atom is -0.508 e. The number of primary amides is 1. The van der Waals surface area contributed by atoms with Crippen LogP contribution in [0.2, 0.25) is 0 Å². The van der Waals surface area contributed by atoms with Crippen molar-refractivity contribution in [2.75, 3.05) is 20.2 Å². The number of hydrogen-bond acceptors (Lipinski definition) is 9. The second-order valence-corrected chi connectivity index (χ2v) is 9.07. The number of hydrogen-bond donors (Lipinski definition) is 4. The van der Waals surface area contributed by atoms with Gasteiger partial charge in [0.1, 0.15) is 36.5 Å². The van der Waals surface area contributed by atoms with Crippen molar-refractivity contribution in [1.82, 2.24) is 15.5 Å². The molecule has 13 nitrogen and oxygen atoms in total. The minimum atomic E-state index is -1.45. The number of aromatic hydroxyl groups is 1. The average molecular weight is 520 g/mol. The molecule has 2 unspecified atom stereocenters. The molecule has 0 aliphatic heterocycles. The Morgan fingerprint density at radius 2 is 1.86 bits per heavy atom. The van der Waals surface area contributed by atoms with E-state index in [0.717, 1.165) is 12.0 Å². The van der Waals surface area contributed by atoms with Gasteiger partial charge in [-0.2, -0.15) is 5.26 Å². The number of methoxy groups -OCH3 is 1. The Balaban J connectivity index is 3.49. The van der Waals surface area contributed by atoms with E-state index in [-0.39, 0.29) is 24.2 Å². The second kappa shape index (κ2) is 13.7. The third-order valence-electron chi connectivity index (χ3n) is 4.92. The summed E-state index contributed by atoms with van der Waals surface area (Å²) >= 11 is 0. The van der Waals surface area contributed by atoms with Gasteiger partial charge < -0.3 is 35.8 Å². The Labute approximate surface area is 214 Å². The molecule has 5 N–H and O–H groups in total. The van der Waals surface area contributed by atoms with Gasteiger partial charge in [0.2, 0.25) is 17.7 Å². The topological polar surface area (TPSA) is 201 Å². The van der Waals surface area contributed by atoms with Gasteiger partial charge in [-0.05, 0) is 57.4 Å². The van der Waals surface area contributed by atoms with Crippen molar-refractivity contribution >= 4 is 29.8 Å². The highest BCUT2D eigenvalue weighted by atomic mass is 16.6. The van der Waals surface area contributed by atoms with Crippen LogP contribution in [0.3, 0.4) is 0 Å². The van der Waals surface area contributed by atoms with Crippen LogP contribution in [0.1, 0.15) is 50.8 Å². The number of aryl methyl sites for hydroxylation is 1. The molecule has 13 heteroatoms. The van der Waals surface area contributed by atoms with Gasteiger partial charge >= 0.3 is 12.1 Å². The van der Waals surface area contributed by atoms with Crippen molar-refractivity contribution in [3.63, 3.8) is 0 Å². The minimum absolute atomic E-state index is 0.0680. The molecule has 202 valence electrons. The molecule has 0 fully saturated rings. The summed E-state index contributed by atoms with van der Waals surface area (Å²) in [7, 11) is 1.13. The SMILES string of the molecule is COC(=O)CNC(=O)C(c1ccc(O)c(C)c1)N(CC#N)C(=O)C(CCC(N)=O)NC(=O)OC(C)(C)C. The lowest BCUT2D eigenvalue weighted by atomic mass is 9.99. The number of rotatable bonds is 11. The normalized spacial score (nSPS) is 12.3. The zero-order valence-corrected chi connectivity index (χ0v) is 21.5. The number of carbonyl (C=O) groups is 5. The van der Waals surface area contributed by atoms with E-state index in [9.17, 15) is 34.3 Å². The first kappa shape index (κ1) is 30.7. The van der Waals surface area contributed by atoms with Crippen molar-refractivity contribution in [3.05, 3.63) is 29.3 Å². The quantitative estimate of drug-likeness (QED) is 0.238. The number of nitrogens with one attached hydrogen (secondary N) is 2. The first-order chi connectivity index (χ1) is 17.2. The van der Waals surface area contributed by atoms with Gasteiger partial charge in [0, 0.05) is 6.42 Å². The van der Waals surface area contributed by atoms with E-state index in [2.05, 4.69) is 15.4 Å². The highest BCUT2D eigenvalue weighted by Gasteiger charge is 2.36. The lowest BCUT2D eigenvalue weighted by Gasteiger charge is -2.33. The molecule has 0 saturated carbocycles. The highest BCUT2D eigenvalue weighted by Crippen LogP contribution is 2.27. The molecule has 1 aromatic carbocycles. The maximum atomic E-state index is 13.6. The molecule has 0 saturated heterocycles. The Bertz CT molecular complexity index is 1060. The molecule has 0 spiro atoms. The molecule has 2 atom stereocenters. The van der Waals surface area contributed by atoms with Crippen LogP contribution in [0, 0.1) is 18.3 Å². The number of nitrogens with zero attached hydrogens (tertiary/aromatic N) is 2. The summed E-state index contributed by atoms with van der Waals surface area (Å²) in [4.78, 5) is 63.2. The molecule has 0 aliphatic carbocycles. The van der Waals surface area contributed by atoms with Crippen LogP contribution >= 0.6 is 0 Å². The fourth-order valence-electron chi connectivity index (χ4n) is 3.22. The maximum absolute atomic E-state index is 13.6. The van der Waals surface area contributed by atoms with E-state index in [1.807, 2.05) is 6.07 Å². The molecule has 0 aromatic heterocycles. The number of ether oxygens (including phenoxy) is 2. The second-order valence-electron chi connectivity index (χ2n) is 9.07. The lowest BCUT2D eigenvalue weighted by molar-refractivity contribution is -0.144. The number of alkyl carbamates (subject to hydrolysis) is 1. The first-order valence-electron chi connectivity index (χ1n) is 11.3. The molecule has 0 heterocycles. The van der Waals surface area contributed by atoms with E-state index in [0.29, 0.717) is 5.56 Å². The predicted octanol–water partition coefficient (Wildman–Crippen LogP) is 0.542. The molecule has 0 aliphatic rings. The molecule has 0 radical (unpaired) electrons. The van der Waals surface area contributed by atoms with E-state index >= 15 is 0 Å². The smallest absolute Gasteiger partial charge is 0.408 e. The maximum Gasteiger partial charge on any atom is 0.408 e. The number of benzene rings is 1. The van der Waals surface area contributed by atoms with Crippen LogP contribution in [-0.2, 0) is 28.7 Å². The zero-order chi connectivity index (χ0) is 28.3. The van der Waals surface area contributed by atoms with Gasteiger partial charge in [-0.3, -0.25) is 19.2 Å². The monoisotopic (exact) mass is 519 g/mol. The van der Waals surface area contributed by atoms with Gasteiger partial charge in [-0.15, -0.1) is 0 Å². The van der Waals surface area contributed by atoms with Crippen molar-refractivity contribution < 1.29 is 38.6 Å². The largest absolute Gasteiger partial charge is 0.508 e. The summed E-state index contributed by atoms with van der Waals surface area (Å²) in [5.41, 5.74) is 4.93. The Kier molecular flexibility index (Phi) is 11.3. The number of nitriles is 1. The number of carbonyl (C=O) groups excluding carboxylic acids is 5. The van der Waals surface area contributed by atoms with Crippen molar-refractivity contribution in [1.29, 1.82) is 5.26 Å². The molecular weight excluding hydrogens is 486 g/mol. The first-order valence-corrected chi connectivity index (χ1v) is 11.3. The molecule has 1 aromatic rings. The predicted molar refractivity (Wildman–Crippen MR) is 130 cm³/mol. The number of esters is 1. The Morgan fingerprint density at radius 3 is 2.38 bits per heavy atom. The summed E-state index contributed by atoms with van der Waals surface area (Å²) in [6.45, 7) is 5.30. The van der Waals surface area contributed by atoms with Gasteiger partial charge in [-0.1, -0.05) is 6.07 Å². The molecule has 0 bridgehead atoms. The van der Waals surface area contributed by atoms with E-state index < -0.39 is 60.6 Å². The van der Waals surface area contributed by atoms with E-state index in [1.165, 1.54) is 18.2 Å². The van der Waals surface area contributed by atoms with Crippen LogP contribution in [0.4, 0.5) is 4.79 Å². The Hall–Kier alpha value is -4.34. The van der Waals surface area contributed by atoms with Crippen LogP contribution in [0.5, 0.6) is 5.75 Å². The van der Waals surface area contributed by atoms with Crippen LogP contribution < -0.4 is 16.4 Å². The molecule has 1 rings (SSSR count). The van der Waals surface area contributed by atoms with Crippen LogP contribution in [-0.4, -0.2) is 71.6 Å². The van der Waals surface area contributed by atoms with E-state index in [1.54, 1.807) is 27.7 Å².